The molecule has 0 spiro atoms. The lowest BCUT2D eigenvalue weighted by Gasteiger charge is -2.35. The molecule has 2 atom stereocenters. The molecule has 1 amide bonds. The van der Waals surface area contributed by atoms with Gasteiger partial charge in [-0.05, 0) is 18.4 Å². The lowest BCUT2D eigenvalue weighted by atomic mass is 9.88. The molecule has 104 valence electrons. The summed E-state index contributed by atoms with van der Waals surface area (Å²) in [5, 5.41) is 3.03. The van der Waals surface area contributed by atoms with E-state index >= 15 is 0 Å². The van der Waals surface area contributed by atoms with Crippen molar-refractivity contribution in [2.24, 2.45) is 11.7 Å². The Labute approximate surface area is 114 Å². The molecule has 3 N–H and O–H groups in total. The summed E-state index contributed by atoms with van der Waals surface area (Å²) in [4.78, 5) is 12.1. The summed E-state index contributed by atoms with van der Waals surface area (Å²) < 4.78 is 5.20. The molecule has 0 aliphatic heterocycles. The third-order valence-electron chi connectivity index (χ3n) is 3.91. The molecule has 0 saturated heterocycles. The van der Waals surface area contributed by atoms with Gasteiger partial charge in [-0.25, -0.2) is 0 Å². The van der Waals surface area contributed by atoms with Gasteiger partial charge in [0.25, 0.3) is 0 Å². The van der Waals surface area contributed by atoms with E-state index in [1.807, 2.05) is 37.3 Å². The van der Waals surface area contributed by atoms with Crippen molar-refractivity contribution in [1.82, 2.24) is 5.32 Å². The van der Waals surface area contributed by atoms with Gasteiger partial charge < -0.3 is 15.8 Å². The van der Waals surface area contributed by atoms with E-state index in [4.69, 9.17) is 10.5 Å². The maximum Gasteiger partial charge on any atom is 0.224 e. The Kier molecular flexibility index (Phi) is 4.56. The third-order valence-corrected chi connectivity index (χ3v) is 3.91. The number of methoxy groups -OCH3 is 1. The minimum Gasteiger partial charge on any atom is -0.381 e. The first-order valence-electron chi connectivity index (χ1n) is 6.75. The molecule has 0 heterocycles. The molecule has 1 aliphatic carbocycles. The number of carbonyl (C=O) groups excluding carboxylic acids is 1. The van der Waals surface area contributed by atoms with Crippen LogP contribution in [-0.2, 0) is 9.53 Å². The number of carbonyl (C=O) groups is 1. The largest absolute Gasteiger partial charge is 0.381 e. The van der Waals surface area contributed by atoms with E-state index in [0.29, 0.717) is 6.10 Å². The Hall–Kier alpha value is -1.39. The van der Waals surface area contributed by atoms with Crippen LogP contribution >= 0.6 is 0 Å². The number of rotatable bonds is 5. The molecule has 2 rings (SSSR count). The molecule has 0 bridgehead atoms. The summed E-state index contributed by atoms with van der Waals surface area (Å²) in [5.41, 5.74) is 7.14. The highest BCUT2D eigenvalue weighted by atomic mass is 16.5. The van der Waals surface area contributed by atoms with Crippen molar-refractivity contribution in [2.45, 2.75) is 38.0 Å². The second-order valence-electron chi connectivity index (χ2n) is 5.26. The zero-order chi connectivity index (χ0) is 13.8. The van der Waals surface area contributed by atoms with E-state index in [9.17, 15) is 4.79 Å². The monoisotopic (exact) mass is 262 g/mol. The van der Waals surface area contributed by atoms with Crippen LogP contribution in [0.15, 0.2) is 30.3 Å². The van der Waals surface area contributed by atoms with Crippen molar-refractivity contribution < 1.29 is 9.53 Å². The number of hydrogen-bond acceptors (Lipinski definition) is 3. The fraction of sp³-hybridized carbons (Fsp3) is 0.533. The zero-order valence-corrected chi connectivity index (χ0v) is 11.5. The van der Waals surface area contributed by atoms with Gasteiger partial charge >= 0.3 is 0 Å². The Morgan fingerprint density at radius 1 is 1.37 bits per heavy atom. The number of ether oxygens (including phenoxy) is 1. The van der Waals surface area contributed by atoms with Crippen LogP contribution in [0.4, 0.5) is 0 Å². The number of nitrogens with one attached hydrogen (secondary N) is 1. The summed E-state index contributed by atoms with van der Waals surface area (Å²) in [6.45, 7) is 1.87. The number of amides is 1. The van der Waals surface area contributed by atoms with Crippen LogP contribution in [-0.4, -0.2) is 25.2 Å². The summed E-state index contributed by atoms with van der Waals surface area (Å²) >= 11 is 0. The maximum absolute atomic E-state index is 12.1. The van der Waals surface area contributed by atoms with Crippen molar-refractivity contribution in [2.75, 3.05) is 7.11 Å². The van der Waals surface area contributed by atoms with E-state index in [1.54, 1.807) is 7.11 Å². The van der Waals surface area contributed by atoms with Gasteiger partial charge in [0.15, 0.2) is 0 Å². The summed E-state index contributed by atoms with van der Waals surface area (Å²) in [6.07, 6.45) is 2.09. The Balaban J connectivity index is 1.85. The van der Waals surface area contributed by atoms with E-state index in [0.717, 1.165) is 18.4 Å². The minimum atomic E-state index is -0.264. The average Bonchev–Trinajstić information content (AvgIpc) is 2.41. The fourth-order valence-corrected chi connectivity index (χ4v) is 2.34. The van der Waals surface area contributed by atoms with Gasteiger partial charge in [-0.3, -0.25) is 4.79 Å². The molecule has 19 heavy (non-hydrogen) atoms. The number of hydrogen-bond donors (Lipinski definition) is 2. The highest BCUT2D eigenvalue weighted by Gasteiger charge is 2.32. The SMILES string of the molecule is COC1CC(NC(=O)C(C)C(N)c2ccccc2)C1. The normalized spacial score (nSPS) is 25.2. The number of benzene rings is 1. The van der Waals surface area contributed by atoms with Crippen LogP contribution in [0.5, 0.6) is 0 Å². The van der Waals surface area contributed by atoms with E-state index in [-0.39, 0.29) is 23.9 Å². The molecular formula is C15H22N2O2. The fourth-order valence-electron chi connectivity index (χ4n) is 2.34. The summed E-state index contributed by atoms with van der Waals surface area (Å²) in [6, 6.07) is 9.71. The standard InChI is InChI=1S/C15H22N2O2/c1-10(14(16)11-6-4-3-5-7-11)15(18)17-12-8-13(9-12)19-2/h3-7,10,12-14H,8-9,16H2,1-2H3,(H,17,18). The molecule has 0 aromatic heterocycles. The lowest BCUT2D eigenvalue weighted by Crippen LogP contribution is -2.50. The first-order valence-corrected chi connectivity index (χ1v) is 6.75. The quantitative estimate of drug-likeness (QED) is 0.847. The van der Waals surface area contributed by atoms with Gasteiger partial charge in [0.1, 0.15) is 0 Å². The molecule has 4 heteroatoms. The van der Waals surface area contributed by atoms with Gasteiger partial charge in [-0.15, -0.1) is 0 Å². The van der Waals surface area contributed by atoms with Crippen LogP contribution in [0.1, 0.15) is 31.4 Å². The second-order valence-corrected chi connectivity index (χ2v) is 5.26. The lowest BCUT2D eigenvalue weighted by molar-refractivity contribution is -0.127. The van der Waals surface area contributed by atoms with Gasteiger partial charge in [0, 0.05) is 19.2 Å². The average molecular weight is 262 g/mol. The summed E-state index contributed by atoms with van der Waals surface area (Å²) in [5.74, 6) is -0.208. The first-order chi connectivity index (χ1) is 9.11. The second kappa shape index (κ2) is 6.17. The molecule has 1 fully saturated rings. The maximum atomic E-state index is 12.1. The molecule has 1 saturated carbocycles. The van der Waals surface area contributed by atoms with Gasteiger partial charge in [0.05, 0.1) is 12.0 Å². The van der Waals surface area contributed by atoms with E-state index < -0.39 is 0 Å². The van der Waals surface area contributed by atoms with E-state index in [2.05, 4.69) is 5.32 Å². The summed E-state index contributed by atoms with van der Waals surface area (Å²) in [7, 11) is 1.71. The van der Waals surface area contributed by atoms with Gasteiger partial charge in [0.2, 0.25) is 5.91 Å². The molecule has 4 nitrogen and oxygen atoms in total. The Bertz CT molecular complexity index is 415. The van der Waals surface area contributed by atoms with Crippen molar-refractivity contribution in [3.05, 3.63) is 35.9 Å². The van der Waals surface area contributed by atoms with Crippen molar-refractivity contribution in [1.29, 1.82) is 0 Å². The Morgan fingerprint density at radius 3 is 2.58 bits per heavy atom. The van der Waals surface area contributed by atoms with Crippen LogP contribution in [0.25, 0.3) is 0 Å². The zero-order valence-electron chi connectivity index (χ0n) is 11.5. The molecular weight excluding hydrogens is 240 g/mol. The highest BCUT2D eigenvalue weighted by Crippen LogP contribution is 2.24. The highest BCUT2D eigenvalue weighted by molar-refractivity contribution is 5.79. The van der Waals surface area contributed by atoms with Gasteiger partial charge in [-0.2, -0.15) is 0 Å². The molecule has 1 aromatic rings. The molecule has 0 radical (unpaired) electrons. The smallest absolute Gasteiger partial charge is 0.224 e. The molecule has 1 aromatic carbocycles. The van der Waals surface area contributed by atoms with E-state index in [1.165, 1.54) is 0 Å². The van der Waals surface area contributed by atoms with Crippen LogP contribution in [0.3, 0.4) is 0 Å². The van der Waals surface area contributed by atoms with Gasteiger partial charge in [-0.1, -0.05) is 37.3 Å². The number of nitrogens with two attached hydrogens (primary N) is 1. The van der Waals surface area contributed by atoms with Crippen LogP contribution < -0.4 is 11.1 Å². The first kappa shape index (κ1) is 14.0. The van der Waals surface area contributed by atoms with Crippen molar-refractivity contribution >= 4 is 5.91 Å². The minimum absolute atomic E-state index is 0.0240. The van der Waals surface area contributed by atoms with Crippen LogP contribution in [0, 0.1) is 5.92 Å². The van der Waals surface area contributed by atoms with Crippen LogP contribution in [0.2, 0.25) is 0 Å². The predicted octanol–water partition coefficient (Wildman–Crippen LogP) is 1.62. The predicted molar refractivity (Wildman–Crippen MR) is 74.5 cm³/mol. The third kappa shape index (κ3) is 3.33. The Morgan fingerprint density at radius 2 is 2.00 bits per heavy atom. The van der Waals surface area contributed by atoms with Crippen molar-refractivity contribution in [3.8, 4) is 0 Å². The molecule has 2 unspecified atom stereocenters. The van der Waals surface area contributed by atoms with Crippen molar-refractivity contribution in [3.63, 3.8) is 0 Å². The topological polar surface area (TPSA) is 64.3 Å². The molecule has 1 aliphatic rings.